The fraction of sp³-hybridized carbons (Fsp3) is 0.286. The van der Waals surface area contributed by atoms with E-state index >= 15 is 0 Å². The highest BCUT2D eigenvalue weighted by atomic mass is 16.5. The zero-order valence-corrected chi connectivity index (χ0v) is 10.3. The van der Waals surface area contributed by atoms with Crippen molar-refractivity contribution < 1.29 is 9.53 Å². The summed E-state index contributed by atoms with van der Waals surface area (Å²) < 4.78 is 4.94. The van der Waals surface area contributed by atoms with Gasteiger partial charge < -0.3 is 4.74 Å². The Morgan fingerprint density at radius 3 is 2.94 bits per heavy atom. The number of ether oxygens (including phenoxy) is 1. The van der Waals surface area contributed by atoms with E-state index < -0.39 is 0 Å². The molecule has 0 saturated carbocycles. The quantitative estimate of drug-likeness (QED) is 0.824. The third-order valence-electron chi connectivity index (χ3n) is 2.62. The Kier molecular flexibility index (Phi) is 4.12. The predicted octanol–water partition coefficient (Wildman–Crippen LogP) is 1.98. The normalized spacial score (nSPS) is 18.5. The van der Waals surface area contributed by atoms with Gasteiger partial charge in [0.05, 0.1) is 12.3 Å². The number of hydrazone groups is 1. The first-order chi connectivity index (χ1) is 8.79. The van der Waals surface area contributed by atoms with Gasteiger partial charge in [0.1, 0.15) is 6.04 Å². The van der Waals surface area contributed by atoms with Crippen molar-refractivity contribution in [1.82, 2.24) is 5.43 Å². The summed E-state index contributed by atoms with van der Waals surface area (Å²) in [7, 11) is 0. The van der Waals surface area contributed by atoms with E-state index in [0.717, 1.165) is 11.3 Å². The van der Waals surface area contributed by atoms with Crippen molar-refractivity contribution in [2.24, 2.45) is 5.10 Å². The lowest BCUT2D eigenvalue weighted by molar-refractivity contribution is -0.145. The number of esters is 1. The van der Waals surface area contributed by atoms with Gasteiger partial charge in [-0.3, -0.25) is 5.43 Å². The molecule has 1 atom stereocenters. The highest BCUT2D eigenvalue weighted by Crippen LogP contribution is 2.09. The van der Waals surface area contributed by atoms with E-state index in [2.05, 4.69) is 10.5 Å². The second-order valence-electron chi connectivity index (χ2n) is 3.99. The van der Waals surface area contributed by atoms with E-state index in [1.807, 2.05) is 42.5 Å². The van der Waals surface area contributed by atoms with Crippen LogP contribution in [0.1, 0.15) is 18.9 Å². The van der Waals surface area contributed by atoms with Crippen molar-refractivity contribution in [3.05, 3.63) is 42.0 Å². The molecular formula is C14H16N2O2. The van der Waals surface area contributed by atoms with Crippen LogP contribution in [0.2, 0.25) is 0 Å². The third-order valence-corrected chi connectivity index (χ3v) is 2.62. The number of carbonyl (C=O) groups excluding carboxylic acids is 1. The first-order valence-corrected chi connectivity index (χ1v) is 6.01. The summed E-state index contributed by atoms with van der Waals surface area (Å²) in [5.74, 6) is -0.246. The van der Waals surface area contributed by atoms with Gasteiger partial charge in [0.25, 0.3) is 0 Å². The van der Waals surface area contributed by atoms with Gasteiger partial charge in [-0.2, -0.15) is 5.10 Å². The summed E-state index contributed by atoms with van der Waals surface area (Å²) in [5, 5.41) is 4.11. The molecule has 2 rings (SSSR count). The maximum Gasteiger partial charge on any atom is 0.330 e. The van der Waals surface area contributed by atoms with Crippen LogP contribution in [0.5, 0.6) is 0 Å². The molecule has 0 saturated heterocycles. The van der Waals surface area contributed by atoms with Crippen molar-refractivity contribution in [3.63, 3.8) is 0 Å². The molecule has 0 fully saturated rings. The monoisotopic (exact) mass is 244 g/mol. The van der Waals surface area contributed by atoms with Gasteiger partial charge in [-0.15, -0.1) is 0 Å². The first-order valence-electron chi connectivity index (χ1n) is 6.01. The molecule has 1 aromatic rings. The number of allylic oxidation sites excluding steroid dienone is 1. The maximum absolute atomic E-state index is 11.5. The summed E-state index contributed by atoms with van der Waals surface area (Å²) in [5.41, 5.74) is 4.76. The Balaban J connectivity index is 1.90. The van der Waals surface area contributed by atoms with Gasteiger partial charge in [-0.25, -0.2) is 4.79 Å². The van der Waals surface area contributed by atoms with E-state index in [-0.39, 0.29) is 12.0 Å². The largest absolute Gasteiger partial charge is 0.464 e. The Bertz CT molecular complexity index is 466. The van der Waals surface area contributed by atoms with Crippen molar-refractivity contribution in [2.45, 2.75) is 19.4 Å². The SMILES string of the molecule is CCOC(=O)C1CC(C=Cc2ccccc2)=NN1. The lowest BCUT2D eigenvalue weighted by atomic mass is 10.1. The molecule has 94 valence electrons. The Morgan fingerprint density at radius 1 is 1.44 bits per heavy atom. The summed E-state index contributed by atoms with van der Waals surface area (Å²) in [4.78, 5) is 11.5. The van der Waals surface area contributed by atoms with E-state index in [0.29, 0.717) is 13.0 Å². The zero-order chi connectivity index (χ0) is 12.8. The molecule has 4 heteroatoms. The number of hydrogen-bond donors (Lipinski definition) is 1. The van der Waals surface area contributed by atoms with Gasteiger partial charge in [0.15, 0.2) is 0 Å². The van der Waals surface area contributed by atoms with Crippen LogP contribution in [0.4, 0.5) is 0 Å². The summed E-state index contributed by atoms with van der Waals surface area (Å²) in [6, 6.07) is 9.62. The Hall–Kier alpha value is -2.10. The number of hydrogen-bond acceptors (Lipinski definition) is 4. The van der Waals surface area contributed by atoms with Gasteiger partial charge in [-0.05, 0) is 18.6 Å². The fourth-order valence-corrected chi connectivity index (χ4v) is 1.70. The standard InChI is InChI=1S/C14H16N2O2/c1-2-18-14(17)13-10-12(15-16-13)9-8-11-6-4-3-5-7-11/h3-9,13,16H,2,10H2,1H3. The third kappa shape index (κ3) is 3.20. The lowest BCUT2D eigenvalue weighted by Crippen LogP contribution is -2.31. The molecule has 0 amide bonds. The smallest absolute Gasteiger partial charge is 0.330 e. The summed E-state index contributed by atoms with van der Waals surface area (Å²) in [6.45, 7) is 2.19. The molecular weight excluding hydrogens is 228 g/mol. The molecule has 1 aromatic carbocycles. The second-order valence-corrected chi connectivity index (χ2v) is 3.99. The highest BCUT2D eigenvalue weighted by Gasteiger charge is 2.24. The van der Waals surface area contributed by atoms with E-state index in [1.165, 1.54) is 0 Å². The van der Waals surface area contributed by atoms with Crippen molar-refractivity contribution >= 4 is 17.8 Å². The van der Waals surface area contributed by atoms with Crippen LogP contribution in [0.3, 0.4) is 0 Å². The lowest BCUT2D eigenvalue weighted by Gasteiger charge is -2.07. The molecule has 1 N–H and O–H groups in total. The molecule has 1 unspecified atom stereocenters. The van der Waals surface area contributed by atoms with Crippen LogP contribution >= 0.6 is 0 Å². The van der Waals surface area contributed by atoms with Crippen LogP contribution in [0.15, 0.2) is 41.5 Å². The van der Waals surface area contributed by atoms with E-state index in [9.17, 15) is 4.79 Å². The van der Waals surface area contributed by atoms with Crippen LogP contribution in [-0.4, -0.2) is 24.3 Å². The average molecular weight is 244 g/mol. The molecule has 1 aliphatic rings. The van der Waals surface area contributed by atoms with Crippen LogP contribution in [-0.2, 0) is 9.53 Å². The number of nitrogens with zero attached hydrogens (tertiary/aromatic N) is 1. The molecule has 0 radical (unpaired) electrons. The van der Waals surface area contributed by atoms with Crippen molar-refractivity contribution in [1.29, 1.82) is 0 Å². The topological polar surface area (TPSA) is 50.7 Å². The fourth-order valence-electron chi connectivity index (χ4n) is 1.70. The maximum atomic E-state index is 11.5. The molecule has 4 nitrogen and oxygen atoms in total. The van der Waals surface area contributed by atoms with Gasteiger partial charge >= 0.3 is 5.97 Å². The Morgan fingerprint density at radius 2 is 2.22 bits per heavy atom. The highest BCUT2D eigenvalue weighted by molar-refractivity contribution is 6.02. The number of benzene rings is 1. The predicted molar refractivity (Wildman–Crippen MR) is 71.1 cm³/mol. The van der Waals surface area contributed by atoms with Crippen LogP contribution in [0.25, 0.3) is 6.08 Å². The number of carbonyl (C=O) groups is 1. The Labute approximate surface area is 106 Å². The zero-order valence-electron chi connectivity index (χ0n) is 10.3. The molecule has 0 spiro atoms. The van der Waals surface area contributed by atoms with Crippen molar-refractivity contribution in [2.75, 3.05) is 6.61 Å². The number of nitrogens with one attached hydrogen (secondary N) is 1. The van der Waals surface area contributed by atoms with Gasteiger partial charge in [-0.1, -0.05) is 36.4 Å². The van der Waals surface area contributed by atoms with E-state index in [4.69, 9.17) is 4.74 Å². The summed E-state index contributed by atoms with van der Waals surface area (Å²) >= 11 is 0. The molecule has 18 heavy (non-hydrogen) atoms. The van der Waals surface area contributed by atoms with E-state index in [1.54, 1.807) is 6.92 Å². The number of rotatable bonds is 4. The minimum atomic E-state index is -0.347. The molecule has 1 aliphatic heterocycles. The van der Waals surface area contributed by atoms with Crippen molar-refractivity contribution in [3.8, 4) is 0 Å². The van der Waals surface area contributed by atoms with Gasteiger partial charge in [0, 0.05) is 6.42 Å². The van der Waals surface area contributed by atoms with Gasteiger partial charge in [0.2, 0.25) is 0 Å². The first kappa shape index (κ1) is 12.4. The average Bonchev–Trinajstić information content (AvgIpc) is 2.87. The second kappa shape index (κ2) is 6.00. The van der Waals surface area contributed by atoms with Crippen LogP contribution in [0, 0.1) is 0 Å². The minimum Gasteiger partial charge on any atom is -0.464 e. The van der Waals surface area contributed by atoms with Crippen LogP contribution < -0.4 is 5.43 Å². The molecule has 0 aromatic heterocycles. The molecule has 0 aliphatic carbocycles. The molecule has 0 bridgehead atoms. The minimum absolute atomic E-state index is 0.246. The molecule has 1 heterocycles. The summed E-state index contributed by atoms with van der Waals surface area (Å²) in [6.07, 6.45) is 4.47.